The van der Waals surface area contributed by atoms with Gasteiger partial charge in [-0.05, 0) is 50.1 Å². The molecule has 0 saturated carbocycles. The van der Waals surface area contributed by atoms with E-state index in [0.717, 1.165) is 11.6 Å². The second kappa shape index (κ2) is 5.87. The Morgan fingerprint density at radius 1 is 1.22 bits per heavy atom. The molecule has 2 rings (SSSR count). The van der Waals surface area contributed by atoms with Crippen molar-refractivity contribution in [2.75, 3.05) is 0 Å². The summed E-state index contributed by atoms with van der Waals surface area (Å²) in [5.41, 5.74) is 2.67. The summed E-state index contributed by atoms with van der Waals surface area (Å²) in [5, 5.41) is 4.34. The molecule has 0 saturated heterocycles. The topological polar surface area (TPSA) is 12.0 Å². The van der Waals surface area contributed by atoms with Crippen LogP contribution in [0.15, 0.2) is 30.3 Å². The summed E-state index contributed by atoms with van der Waals surface area (Å²) in [4.78, 5) is 2.78. The Hall–Kier alpha value is -0.830. The molecule has 1 atom stereocenters. The normalized spacial score (nSPS) is 12.7. The smallest absolute Gasteiger partial charge is 0.0406 e. The summed E-state index contributed by atoms with van der Waals surface area (Å²) in [7, 11) is 0. The number of aryl methyl sites for hydroxylation is 2. The molecule has 1 unspecified atom stereocenters. The number of halogens is 1. The van der Waals surface area contributed by atoms with Crippen molar-refractivity contribution in [3.8, 4) is 0 Å². The first kappa shape index (κ1) is 13.6. The molecular formula is C15H18ClNS. The monoisotopic (exact) mass is 279 g/mol. The molecule has 96 valence electrons. The van der Waals surface area contributed by atoms with Gasteiger partial charge in [0.15, 0.2) is 0 Å². The van der Waals surface area contributed by atoms with Crippen LogP contribution in [-0.2, 0) is 6.54 Å². The van der Waals surface area contributed by atoms with Crippen LogP contribution in [0.3, 0.4) is 0 Å². The minimum Gasteiger partial charge on any atom is -0.306 e. The number of rotatable bonds is 4. The van der Waals surface area contributed by atoms with E-state index >= 15 is 0 Å². The SMILES string of the molecule is Cc1cc(C(C)NCc2ccc(Cl)cc2)c(C)s1. The molecular weight excluding hydrogens is 262 g/mol. The first-order valence-corrected chi connectivity index (χ1v) is 7.30. The number of hydrogen-bond donors (Lipinski definition) is 1. The maximum atomic E-state index is 5.87. The van der Waals surface area contributed by atoms with E-state index < -0.39 is 0 Å². The fraction of sp³-hybridized carbons (Fsp3) is 0.333. The van der Waals surface area contributed by atoms with Crippen LogP contribution in [0.4, 0.5) is 0 Å². The van der Waals surface area contributed by atoms with Gasteiger partial charge in [0.1, 0.15) is 0 Å². The van der Waals surface area contributed by atoms with Crippen LogP contribution in [0.2, 0.25) is 5.02 Å². The number of thiophene rings is 1. The van der Waals surface area contributed by atoms with Crippen molar-refractivity contribution in [2.24, 2.45) is 0 Å². The molecule has 1 heterocycles. The average molecular weight is 280 g/mol. The molecule has 1 N–H and O–H groups in total. The van der Waals surface area contributed by atoms with Crippen molar-refractivity contribution >= 4 is 22.9 Å². The fourth-order valence-electron chi connectivity index (χ4n) is 2.06. The molecule has 3 heteroatoms. The number of benzene rings is 1. The first-order chi connectivity index (χ1) is 8.56. The predicted octanol–water partition coefficient (Wildman–Crippen LogP) is 4.87. The van der Waals surface area contributed by atoms with Gasteiger partial charge in [-0.2, -0.15) is 0 Å². The molecule has 0 aliphatic heterocycles. The Balaban J connectivity index is 1.98. The van der Waals surface area contributed by atoms with Crippen molar-refractivity contribution in [2.45, 2.75) is 33.4 Å². The van der Waals surface area contributed by atoms with Gasteiger partial charge in [-0.15, -0.1) is 11.3 Å². The zero-order chi connectivity index (χ0) is 13.1. The summed E-state index contributed by atoms with van der Waals surface area (Å²) < 4.78 is 0. The van der Waals surface area contributed by atoms with Crippen LogP contribution in [-0.4, -0.2) is 0 Å². The molecule has 1 nitrogen and oxygen atoms in total. The zero-order valence-corrected chi connectivity index (χ0v) is 12.5. The van der Waals surface area contributed by atoms with E-state index in [1.165, 1.54) is 20.9 Å². The van der Waals surface area contributed by atoms with Crippen molar-refractivity contribution in [3.05, 3.63) is 56.2 Å². The Bertz CT molecular complexity index is 516. The van der Waals surface area contributed by atoms with Crippen LogP contribution in [0, 0.1) is 13.8 Å². The lowest BCUT2D eigenvalue weighted by atomic mass is 10.1. The molecule has 0 aliphatic rings. The highest BCUT2D eigenvalue weighted by molar-refractivity contribution is 7.12. The van der Waals surface area contributed by atoms with Gasteiger partial charge in [-0.1, -0.05) is 23.7 Å². The minimum absolute atomic E-state index is 0.380. The summed E-state index contributed by atoms with van der Waals surface area (Å²) in [5.74, 6) is 0. The van der Waals surface area contributed by atoms with E-state index in [9.17, 15) is 0 Å². The maximum absolute atomic E-state index is 5.87. The summed E-state index contributed by atoms with van der Waals surface area (Å²) in [6.07, 6.45) is 0. The average Bonchev–Trinajstić information content (AvgIpc) is 2.67. The van der Waals surface area contributed by atoms with E-state index in [1.54, 1.807) is 0 Å². The summed E-state index contributed by atoms with van der Waals surface area (Å²) in [6, 6.07) is 10.7. The van der Waals surface area contributed by atoms with E-state index in [2.05, 4.69) is 44.3 Å². The molecule has 0 aliphatic carbocycles. The Kier molecular flexibility index (Phi) is 4.44. The Labute approximate surface area is 118 Å². The van der Waals surface area contributed by atoms with Crippen LogP contribution < -0.4 is 5.32 Å². The second-order valence-corrected chi connectivity index (χ2v) is 6.49. The van der Waals surface area contributed by atoms with Gasteiger partial charge in [0.25, 0.3) is 0 Å². The molecule has 1 aromatic heterocycles. The van der Waals surface area contributed by atoms with Gasteiger partial charge in [0.05, 0.1) is 0 Å². The van der Waals surface area contributed by atoms with Crippen molar-refractivity contribution in [3.63, 3.8) is 0 Å². The largest absolute Gasteiger partial charge is 0.306 e. The van der Waals surface area contributed by atoms with Gasteiger partial charge in [-0.25, -0.2) is 0 Å². The number of hydrogen-bond acceptors (Lipinski definition) is 2. The fourth-order valence-corrected chi connectivity index (χ4v) is 3.21. The van der Waals surface area contributed by atoms with Crippen LogP contribution >= 0.6 is 22.9 Å². The van der Waals surface area contributed by atoms with Crippen molar-refractivity contribution in [1.29, 1.82) is 0 Å². The molecule has 0 amide bonds. The molecule has 0 radical (unpaired) electrons. The Morgan fingerprint density at radius 3 is 2.44 bits per heavy atom. The molecule has 0 bridgehead atoms. The van der Waals surface area contributed by atoms with Crippen molar-refractivity contribution < 1.29 is 0 Å². The van der Waals surface area contributed by atoms with E-state index in [1.807, 2.05) is 23.5 Å². The van der Waals surface area contributed by atoms with Gasteiger partial charge >= 0.3 is 0 Å². The molecule has 18 heavy (non-hydrogen) atoms. The summed E-state index contributed by atoms with van der Waals surface area (Å²) >= 11 is 7.74. The lowest BCUT2D eigenvalue weighted by Crippen LogP contribution is -2.18. The molecule has 2 aromatic rings. The van der Waals surface area contributed by atoms with Gasteiger partial charge < -0.3 is 5.32 Å². The predicted molar refractivity (Wildman–Crippen MR) is 80.5 cm³/mol. The van der Waals surface area contributed by atoms with E-state index in [0.29, 0.717) is 6.04 Å². The van der Waals surface area contributed by atoms with Crippen LogP contribution in [0.5, 0.6) is 0 Å². The van der Waals surface area contributed by atoms with Crippen LogP contribution in [0.25, 0.3) is 0 Å². The van der Waals surface area contributed by atoms with E-state index in [4.69, 9.17) is 11.6 Å². The third-order valence-electron chi connectivity index (χ3n) is 3.07. The maximum Gasteiger partial charge on any atom is 0.0406 e. The van der Waals surface area contributed by atoms with Gasteiger partial charge in [0, 0.05) is 27.4 Å². The quantitative estimate of drug-likeness (QED) is 0.842. The van der Waals surface area contributed by atoms with Gasteiger partial charge in [0.2, 0.25) is 0 Å². The van der Waals surface area contributed by atoms with Gasteiger partial charge in [-0.3, -0.25) is 0 Å². The standard InChI is InChI=1S/C15H18ClNS/c1-10-8-15(12(3)18-10)11(2)17-9-13-4-6-14(16)7-5-13/h4-8,11,17H,9H2,1-3H3. The highest BCUT2D eigenvalue weighted by atomic mass is 35.5. The zero-order valence-electron chi connectivity index (χ0n) is 11.0. The van der Waals surface area contributed by atoms with Crippen LogP contribution in [0.1, 0.15) is 33.8 Å². The second-order valence-electron chi connectivity index (χ2n) is 4.60. The highest BCUT2D eigenvalue weighted by Gasteiger charge is 2.10. The molecule has 1 aromatic carbocycles. The third-order valence-corrected chi connectivity index (χ3v) is 4.31. The number of nitrogens with one attached hydrogen (secondary N) is 1. The molecule has 0 spiro atoms. The first-order valence-electron chi connectivity index (χ1n) is 6.11. The lowest BCUT2D eigenvalue weighted by Gasteiger charge is -2.14. The van der Waals surface area contributed by atoms with E-state index in [-0.39, 0.29) is 0 Å². The summed E-state index contributed by atoms with van der Waals surface area (Å²) in [6.45, 7) is 7.43. The Morgan fingerprint density at radius 2 is 1.89 bits per heavy atom. The third kappa shape index (κ3) is 3.35. The highest BCUT2D eigenvalue weighted by Crippen LogP contribution is 2.26. The van der Waals surface area contributed by atoms with Crippen molar-refractivity contribution in [1.82, 2.24) is 5.32 Å². The minimum atomic E-state index is 0.380. The molecule has 0 fully saturated rings. The lowest BCUT2D eigenvalue weighted by molar-refractivity contribution is 0.574.